The first-order valence-electron chi connectivity index (χ1n) is 18.0. The largest absolute Gasteiger partial charge is 0.443 e. The van der Waals surface area contributed by atoms with Gasteiger partial charge in [0.05, 0.1) is 31.0 Å². The van der Waals surface area contributed by atoms with Gasteiger partial charge in [-0.25, -0.2) is 4.79 Å². The number of ether oxygens (including phenoxy) is 4. The standard InChI is InChI=1S/C36H60N2O6/c1-20(2)28(44-31(40)37-8)22-17-21(3)27-29(42-22)30(39)34(7)24-10-9-23-32(4,5)25(43-26-18-38-15-16-41-26)11-12-35(23)19-36(24,35)14-13-33(27,34)6/h20-30,38-39H,9-19H2,1-8H3,(H,37,40)/t21-,22-,23+,24+,25+,26+,27+,28-,29+,30+,33-,34-,35-,36+/m1/s1. The maximum atomic E-state index is 12.5. The van der Waals surface area contributed by atoms with E-state index in [9.17, 15) is 9.90 Å². The average Bonchev–Trinajstić information content (AvgIpc) is 3.62. The fourth-order valence-electron chi connectivity index (χ4n) is 13.4. The summed E-state index contributed by atoms with van der Waals surface area (Å²) >= 11 is 0. The number of carbonyl (C=O) groups excluding carboxylic acids is 1. The number of nitrogens with one attached hydrogen (secondary N) is 2. The molecule has 14 atom stereocenters. The summed E-state index contributed by atoms with van der Waals surface area (Å²) in [5, 5.41) is 18.6. The molecule has 8 heteroatoms. The second-order valence-corrected chi connectivity index (χ2v) is 17.5. The molecule has 250 valence electrons. The van der Waals surface area contributed by atoms with Crippen LogP contribution >= 0.6 is 0 Å². The highest BCUT2D eigenvalue weighted by Crippen LogP contribution is 2.89. The Labute approximate surface area is 265 Å². The lowest BCUT2D eigenvalue weighted by molar-refractivity contribution is -0.237. The van der Waals surface area contributed by atoms with Crippen molar-refractivity contribution in [1.29, 1.82) is 0 Å². The van der Waals surface area contributed by atoms with Crippen LogP contribution in [0, 0.1) is 56.7 Å². The number of amides is 1. The van der Waals surface area contributed by atoms with Gasteiger partial charge in [0.1, 0.15) is 6.10 Å². The van der Waals surface area contributed by atoms with Crippen LogP contribution in [0.1, 0.15) is 99.8 Å². The minimum Gasteiger partial charge on any atom is -0.443 e. The zero-order chi connectivity index (χ0) is 31.4. The van der Waals surface area contributed by atoms with Crippen LogP contribution in [-0.4, -0.2) is 74.8 Å². The number of carbonyl (C=O) groups is 1. The van der Waals surface area contributed by atoms with Gasteiger partial charge in [-0.05, 0) is 103 Å². The van der Waals surface area contributed by atoms with E-state index in [4.69, 9.17) is 18.9 Å². The number of aliphatic hydroxyl groups is 1. The number of aliphatic hydroxyl groups excluding tert-OH is 1. The van der Waals surface area contributed by atoms with Crippen molar-refractivity contribution < 1.29 is 28.8 Å². The van der Waals surface area contributed by atoms with Gasteiger partial charge in [-0.15, -0.1) is 0 Å². The molecule has 3 N–H and O–H groups in total. The Morgan fingerprint density at radius 1 is 1.05 bits per heavy atom. The summed E-state index contributed by atoms with van der Waals surface area (Å²) in [5.41, 5.74) is 0.590. The number of rotatable bonds is 5. The van der Waals surface area contributed by atoms with Crippen molar-refractivity contribution in [2.24, 2.45) is 56.7 Å². The van der Waals surface area contributed by atoms with E-state index in [0.717, 1.165) is 39.0 Å². The van der Waals surface area contributed by atoms with E-state index in [-0.39, 0.29) is 52.9 Å². The smallest absolute Gasteiger partial charge is 0.407 e. The summed E-state index contributed by atoms with van der Waals surface area (Å²) in [6, 6.07) is 0. The molecule has 0 aromatic carbocycles. The fraction of sp³-hybridized carbons (Fsp3) is 0.972. The lowest BCUT2D eigenvalue weighted by atomic mass is 9.41. The molecular weight excluding hydrogens is 556 g/mol. The van der Waals surface area contributed by atoms with Gasteiger partial charge >= 0.3 is 6.09 Å². The van der Waals surface area contributed by atoms with Crippen LogP contribution in [0.15, 0.2) is 0 Å². The summed E-state index contributed by atoms with van der Waals surface area (Å²) in [6.45, 7) is 18.9. The average molecular weight is 617 g/mol. The molecule has 0 aromatic heterocycles. The van der Waals surface area contributed by atoms with Crippen LogP contribution in [0.25, 0.3) is 0 Å². The van der Waals surface area contributed by atoms with Gasteiger partial charge in [-0.1, -0.05) is 48.5 Å². The van der Waals surface area contributed by atoms with Gasteiger partial charge in [0.2, 0.25) is 0 Å². The van der Waals surface area contributed by atoms with Crippen molar-refractivity contribution in [3.8, 4) is 0 Å². The summed E-state index contributed by atoms with van der Waals surface area (Å²) in [6.07, 6.45) is 7.73. The third-order valence-electron chi connectivity index (χ3n) is 15.4. The number of fused-ring (bicyclic) bond motifs is 4. The molecule has 0 radical (unpaired) electrons. The number of morpholine rings is 1. The first kappa shape index (κ1) is 31.7. The molecule has 7 fully saturated rings. The highest BCUT2D eigenvalue weighted by atomic mass is 16.7. The normalized spacial score (nSPS) is 52.9. The van der Waals surface area contributed by atoms with Gasteiger partial charge in [0, 0.05) is 25.6 Å². The van der Waals surface area contributed by atoms with Crippen LogP contribution < -0.4 is 10.6 Å². The topological polar surface area (TPSA) is 98.3 Å². The van der Waals surface area contributed by atoms with Crippen molar-refractivity contribution in [2.45, 2.75) is 137 Å². The third kappa shape index (κ3) is 4.08. The monoisotopic (exact) mass is 616 g/mol. The van der Waals surface area contributed by atoms with Gasteiger partial charge in [0.25, 0.3) is 0 Å². The first-order chi connectivity index (χ1) is 20.8. The lowest BCUT2D eigenvalue weighted by Crippen LogP contribution is -2.60. The molecule has 0 unspecified atom stereocenters. The quantitative estimate of drug-likeness (QED) is 0.375. The molecule has 44 heavy (non-hydrogen) atoms. The number of alkyl carbamates (subject to hydrolysis) is 1. The van der Waals surface area contributed by atoms with Crippen molar-refractivity contribution in [1.82, 2.24) is 10.6 Å². The Morgan fingerprint density at radius 2 is 1.77 bits per heavy atom. The summed E-state index contributed by atoms with van der Waals surface area (Å²) in [5.74, 6) is 1.96. The number of hydrogen-bond acceptors (Lipinski definition) is 7. The predicted octanol–water partition coefficient (Wildman–Crippen LogP) is 5.51. The van der Waals surface area contributed by atoms with E-state index >= 15 is 0 Å². The van der Waals surface area contributed by atoms with Crippen molar-refractivity contribution >= 4 is 6.09 Å². The molecule has 1 amide bonds. The van der Waals surface area contributed by atoms with E-state index < -0.39 is 12.2 Å². The molecule has 5 saturated carbocycles. The van der Waals surface area contributed by atoms with Crippen LogP contribution in [-0.2, 0) is 18.9 Å². The van der Waals surface area contributed by atoms with Gasteiger partial charge < -0.3 is 34.7 Å². The molecule has 7 rings (SSSR count). The SMILES string of the molecule is CNC(=O)O[C@H](C(C)C)[C@H]1C[C@@H](C)[C@H]2[C@H](O1)[C@H](O)[C@@]1(C)[C@@H]3CC[C@H]4C(C)(C)[C@@H](O[C@H]5CNCCO5)CC[C@@]45C[C@@]35CC[C@]21C. The highest BCUT2D eigenvalue weighted by Gasteiger charge is 2.84. The van der Waals surface area contributed by atoms with E-state index in [1.54, 1.807) is 7.05 Å². The molecule has 2 aliphatic heterocycles. The summed E-state index contributed by atoms with van der Waals surface area (Å²) in [4.78, 5) is 12.3. The molecule has 7 aliphatic rings. The van der Waals surface area contributed by atoms with Crippen LogP contribution in [0.5, 0.6) is 0 Å². The van der Waals surface area contributed by atoms with E-state index in [1.165, 1.54) is 32.1 Å². The summed E-state index contributed by atoms with van der Waals surface area (Å²) < 4.78 is 25.5. The Kier molecular flexibility index (Phi) is 7.58. The van der Waals surface area contributed by atoms with E-state index in [0.29, 0.717) is 34.5 Å². The molecule has 2 saturated heterocycles. The molecule has 5 aliphatic carbocycles. The lowest BCUT2D eigenvalue weighted by Gasteiger charge is -2.63. The van der Waals surface area contributed by atoms with Crippen LogP contribution in [0.3, 0.4) is 0 Å². The van der Waals surface area contributed by atoms with Crippen molar-refractivity contribution in [3.63, 3.8) is 0 Å². The van der Waals surface area contributed by atoms with Crippen LogP contribution in [0.2, 0.25) is 0 Å². The fourth-order valence-corrected chi connectivity index (χ4v) is 13.4. The van der Waals surface area contributed by atoms with E-state index in [1.807, 2.05) is 0 Å². The number of hydrogen-bond donors (Lipinski definition) is 3. The Hall–Kier alpha value is -0.930. The molecule has 2 heterocycles. The van der Waals surface area contributed by atoms with Crippen LogP contribution in [0.4, 0.5) is 4.79 Å². The Balaban J connectivity index is 1.15. The highest BCUT2D eigenvalue weighted by molar-refractivity contribution is 5.66. The zero-order valence-corrected chi connectivity index (χ0v) is 28.6. The molecule has 0 aromatic rings. The summed E-state index contributed by atoms with van der Waals surface area (Å²) in [7, 11) is 1.60. The van der Waals surface area contributed by atoms with Gasteiger partial charge in [-0.2, -0.15) is 0 Å². The predicted molar refractivity (Wildman–Crippen MR) is 168 cm³/mol. The molecular formula is C36H60N2O6. The maximum absolute atomic E-state index is 12.5. The minimum absolute atomic E-state index is 0.0180. The van der Waals surface area contributed by atoms with Gasteiger partial charge in [0.15, 0.2) is 6.29 Å². The molecule has 0 bridgehead atoms. The Morgan fingerprint density at radius 3 is 2.45 bits per heavy atom. The molecule has 2 spiro atoms. The third-order valence-corrected chi connectivity index (χ3v) is 15.4. The van der Waals surface area contributed by atoms with Crippen molar-refractivity contribution in [3.05, 3.63) is 0 Å². The first-order valence-corrected chi connectivity index (χ1v) is 18.0. The van der Waals surface area contributed by atoms with E-state index in [2.05, 4.69) is 59.1 Å². The van der Waals surface area contributed by atoms with Crippen molar-refractivity contribution in [2.75, 3.05) is 26.7 Å². The second-order valence-electron chi connectivity index (χ2n) is 17.5. The Bertz CT molecular complexity index is 1130. The minimum atomic E-state index is -0.518. The second kappa shape index (κ2) is 10.5. The maximum Gasteiger partial charge on any atom is 0.407 e. The van der Waals surface area contributed by atoms with Gasteiger partial charge in [-0.3, -0.25) is 0 Å². The zero-order valence-electron chi connectivity index (χ0n) is 28.6. The molecule has 8 nitrogen and oxygen atoms in total.